The predicted octanol–water partition coefficient (Wildman–Crippen LogP) is 7.08. The summed E-state index contributed by atoms with van der Waals surface area (Å²) >= 11 is 18.4. The number of likely N-dealkylation sites (tertiary alicyclic amines) is 1. The number of hydrogen-bond donors (Lipinski definition) is 1. The lowest BCUT2D eigenvalue weighted by atomic mass is 9.76. The van der Waals surface area contributed by atoms with Gasteiger partial charge in [0.15, 0.2) is 0 Å². The van der Waals surface area contributed by atoms with Gasteiger partial charge in [-0.1, -0.05) is 65.1 Å². The van der Waals surface area contributed by atoms with Crippen LogP contribution >= 0.6 is 34.8 Å². The minimum Gasteiger partial charge on any atom is -0.371 e. The fourth-order valence-electron chi connectivity index (χ4n) is 7.44. The molecule has 2 aromatic rings. The number of carbonyl (C=O) groups excluding carboxylic acids is 1. The Morgan fingerprint density at radius 3 is 2.29 bits per heavy atom. The number of amides is 1. The summed E-state index contributed by atoms with van der Waals surface area (Å²) in [6.07, 6.45) is 11.2. The summed E-state index contributed by atoms with van der Waals surface area (Å²) in [5.41, 5.74) is 1.43. The molecule has 45 heavy (non-hydrogen) atoms. The molecular weight excluding hydrogens is 653 g/mol. The highest BCUT2D eigenvalue weighted by Crippen LogP contribution is 2.37. The molecule has 0 radical (unpaired) electrons. The molecule has 1 N–H and O–H groups in total. The van der Waals surface area contributed by atoms with Crippen molar-refractivity contribution >= 4 is 50.7 Å². The van der Waals surface area contributed by atoms with Gasteiger partial charge in [0.25, 0.3) is 0 Å². The number of nitrogens with one attached hydrogen (secondary N) is 1. The zero-order valence-corrected chi connectivity index (χ0v) is 29.0. The molecule has 1 aliphatic carbocycles. The maximum Gasteiger partial charge on any atom is 0.246 e. The van der Waals surface area contributed by atoms with Crippen LogP contribution in [0.4, 0.5) is 0 Å². The Bertz CT molecular complexity index is 1340. The van der Waals surface area contributed by atoms with Crippen molar-refractivity contribution in [3.05, 3.63) is 63.1 Å². The van der Waals surface area contributed by atoms with Crippen LogP contribution in [0.15, 0.2) is 47.4 Å². The number of hydrogen-bond acceptors (Lipinski definition) is 5. The Morgan fingerprint density at radius 2 is 1.60 bits per heavy atom. The molecule has 1 amide bonds. The average Bonchev–Trinajstić information content (AvgIpc) is 3.56. The number of carbonyl (C=O) groups is 1. The van der Waals surface area contributed by atoms with Gasteiger partial charge in [-0.15, -0.1) is 0 Å². The number of piperidine rings is 1. The molecule has 2 aliphatic heterocycles. The molecule has 2 heterocycles. The Kier molecular flexibility index (Phi) is 12.9. The molecule has 2 aromatic carbocycles. The van der Waals surface area contributed by atoms with Crippen molar-refractivity contribution in [1.82, 2.24) is 14.5 Å². The molecule has 2 unspecified atom stereocenters. The van der Waals surface area contributed by atoms with Gasteiger partial charge >= 0.3 is 0 Å². The largest absolute Gasteiger partial charge is 0.371 e. The molecule has 3 fully saturated rings. The third-order valence-electron chi connectivity index (χ3n) is 9.83. The number of halogens is 3. The van der Waals surface area contributed by atoms with E-state index in [1.807, 2.05) is 0 Å². The van der Waals surface area contributed by atoms with Gasteiger partial charge < -0.3 is 15.0 Å². The Morgan fingerprint density at radius 1 is 0.911 bits per heavy atom. The van der Waals surface area contributed by atoms with Gasteiger partial charge in [-0.3, -0.25) is 4.79 Å². The zero-order valence-electron chi connectivity index (χ0n) is 25.9. The van der Waals surface area contributed by atoms with Crippen molar-refractivity contribution in [2.45, 2.75) is 75.1 Å². The third kappa shape index (κ3) is 9.59. The molecule has 2 atom stereocenters. The molecule has 0 bridgehead atoms. The topological polar surface area (TPSA) is 78.9 Å². The first-order chi connectivity index (χ1) is 21.7. The lowest BCUT2D eigenvalue weighted by molar-refractivity contribution is -0.126. The summed E-state index contributed by atoms with van der Waals surface area (Å²) in [7, 11) is -3.89. The van der Waals surface area contributed by atoms with E-state index in [9.17, 15) is 13.2 Å². The molecule has 1 saturated carbocycles. The Hall–Kier alpha value is -1.39. The zero-order chi connectivity index (χ0) is 31.8. The standard InChI is InChI=1S/C34H46Cl3N3O4S/c35-29-19-30(36)34(31(37)20-29)45(42,43)40-18-6-9-27(22-40)23-44-24-33(41)38-21-26-10-13-28(14-11-26)32(39-16-4-5-17-39)15-12-25-7-2-1-3-8-25/h1-3,7-8,19-20,26-28,32H,4-6,9-18,21-24H2,(H,38,41). The summed E-state index contributed by atoms with van der Waals surface area (Å²) in [5, 5.41) is 3.38. The maximum atomic E-state index is 13.3. The fraction of sp³-hybridized carbons (Fsp3) is 0.618. The van der Waals surface area contributed by atoms with Crippen molar-refractivity contribution in [2.24, 2.45) is 17.8 Å². The predicted molar refractivity (Wildman–Crippen MR) is 182 cm³/mol. The molecule has 0 spiro atoms. The van der Waals surface area contributed by atoms with E-state index < -0.39 is 10.0 Å². The van der Waals surface area contributed by atoms with Crippen LogP contribution in [0, 0.1) is 17.8 Å². The molecule has 3 aliphatic rings. The van der Waals surface area contributed by atoms with Gasteiger partial charge in [0.05, 0.1) is 16.7 Å². The van der Waals surface area contributed by atoms with Crippen LogP contribution in [-0.4, -0.2) is 75.5 Å². The van der Waals surface area contributed by atoms with Crippen LogP contribution in [0.5, 0.6) is 0 Å². The summed E-state index contributed by atoms with van der Waals surface area (Å²) in [6, 6.07) is 14.3. The van der Waals surface area contributed by atoms with E-state index in [0.717, 1.165) is 31.6 Å². The first-order valence-corrected chi connectivity index (χ1v) is 19.0. The van der Waals surface area contributed by atoms with Crippen molar-refractivity contribution in [2.75, 3.05) is 45.9 Å². The quantitative estimate of drug-likeness (QED) is 0.242. The Balaban J connectivity index is 1.02. The van der Waals surface area contributed by atoms with Crippen molar-refractivity contribution in [1.29, 1.82) is 0 Å². The van der Waals surface area contributed by atoms with E-state index in [-0.39, 0.29) is 44.9 Å². The average molecular weight is 699 g/mol. The van der Waals surface area contributed by atoms with Crippen LogP contribution in [0.25, 0.3) is 0 Å². The normalized spacial score (nSPS) is 24.0. The first-order valence-electron chi connectivity index (χ1n) is 16.5. The van der Waals surface area contributed by atoms with E-state index >= 15 is 0 Å². The van der Waals surface area contributed by atoms with Gasteiger partial charge in [-0.25, -0.2) is 8.42 Å². The number of ether oxygens (including phenoxy) is 1. The summed E-state index contributed by atoms with van der Waals surface area (Å²) in [5.74, 6) is 1.09. The van der Waals surface area contributed by atoms with Gasteiger partial charge in [-0.2, -0.15) is 4.31 Å². The van der Waals surface area contributed by atoms with E-state index in [2.05, 4.69) is 40.5 Å². The molecule has 248 valence electrons. The van der Waals surface area contributed by atoms with Gasteiger partial charge in [-0.05, 0) is 113 Å². The second kappa shape index (κ2) is 16.6. The van der Waals surface area contributed by atoms with Crippen molar-refractivity contribution < 1.29 is 17.9 Å². The summed E-state index contributed by atoms with van der Waals surface area (Å²) in [4.78, 5) is 15.2. The van der Waals surface area contributed by atoms with E-state index in [1.54, 1.807) is 0 Å². The van der Waals surface area contributed by atoms with Gasteiger partial charge in [0.2, 0.25) is 15.9 Å². The van der Waals surface area contributed by atoms with E-state index in [1.165, 1.54) is 67.2 Å². The van der Waals surface area contributed by atoms with Crippen molar-refractivity contribution in [3.63, 3.8) is 0 Å². The summed E-state index contributed by atoms with van der Waals surface area (Å²) < 4.78 is 33.8. The van der Waals surface area contributed by atoms with Crippen molar-refractivity contribution in [3.8, 4) is 0 Å². The van der Waals surface area contributed by atoms with Gasteiger partial charge in [0, 0.05) is 30.7 Å². The van der Waals surface area contributed by atoms with Crippen LogP contribution in [0.1, 0.15) is 63.4 Å². The lowest BCUT2D eigenvalue weighted by Gasteiger charge is -2.39. The number of aryl methyl sites for hydroxylation is 1. The molecule has 7 nitrogen and oxygen atoms in total. The van der Waals surface area contributed by atoms with Crippen LogP contribution < -0.4 is 5.32 Å². The first kappa shape index (κ1) is 34.9. The highest BCUT2D eigenvalue weighted by atomic mass is 35.5. The highest BCUT2D eigenvalue weighted by molar-refractivity contribution is 7.89. The molecule has 11 heteroatoms. The third-order valence-corrected chi connectivity index (χ3v) is 12.8. The second-order valence-corrected chi connectivity index (χ2v) is 16.1. The van der Waals surface area contributed by atoms with Crippen LogP contribution in [0.2, 0.25) is 15.1 Å². The molecule has 0 aromatic heterocycles. The van der Waals surface area contributed by atoms with E-state index in [4.69, 9.17) is 39.5 Å². The summed E-state index contributed by atoms with van der Waals surface area (Å²) in [6.45, 7) is 4.10. The number of rotatable bonds is 13. The number of benzene rings is 2. The minimum atomic E-state index is -3.89. The maximum absolute atomic E-state index is 13.3. The monoisotopic (exact) mass is 697 g/mol. The van der Waals surface area contributed by atoms with Crippen LogP contribution in [-0.2, 0) is 26.0 Å². The Labute approximate surface area is 284 Å². The fourth-order valence-corrected chi connectivity index (χ4v) is 10.5. The van der Waals surface area contributed by atoms with Gasteiger partial charge in [0.1, 0.15) is 11.5 Å². The van der Waals surface area contributed by atoms with E-state index in [0.29, 0.717) is 38.1 Å². The minimum absolute atomic E-state index is 0.00509. The molecule has 2 saturated heterocycles. The lowest BCUT2D eigenvalue weighted by Crippen LogP contribution is -2.42. The second-order valence-electron chi connectivity index (χ2n) is 13.0. The smallest absolute Gasteiger partial charge is 0.246 e. The molecule has 5 rings (SSSR count). The van der Waals surface area contributed by atoms with Crippen LogP contribution in [0.3, 0.4) is 0 Å². The number of nitrogens with zero attached hydrogens (tertiary/aromatic N) is 2. The molecular formula is C34H46Cl3N3O4S. The highest BCUT2D eigenvalue weighted by Gasteiger charge is 2.34. The number of sulfonamides is 1. The SMILES string of the molecule is O=C(COCC1CCCN(S(=O)(=O)c2c(Cl)cc(Cl)cc2Cl)C1)NCC1CCC(C(CCc2ccccc2)N2CCCC2)CC1.